The van der Waals surface area contributed by atoms with Crippen molar-refractivity contribution in [2.24, 2.45) is 0 Å². The van der Waals surface area contributed by atoms with Gasteiger partial charge in [0.05, 0.1) is 9.40 Å². The summed E-state index contributed by atoms with van der Waals surface area (Å²) in [4.78, 5) is 4.67. The summed E-state index contributed by atoms with van der Waals surface area (Å²) in [5.74, 6) is 0. The smallest absolute Gasteiger partial charge is 0.0542 e. The van der Waals surface area contributed by atoms with E-state index in [2.05, 4.69) is 93.4 Å². The van der Waals surface area contributed by atoms with Crippen LogP contribution in [0.2, 0.25) is 0 Å². The van der Waals surface area contributed by atoms with Crippen LogP contribution in [-0.4, -0.2) is 29.0 Å². The van der Waals surface area contributed by atoms with E-state index in [1.54, 1.807) is 8.52 Å². The predicted molar refractivity (Wildman–Crippen MR) is 209 cm³/mol. The molecule has 0 saturated heterocycles. The molecule has 0 amide bonds. The minimum Gasteiger partial charge on any atom is -0.144 e. The number of hydrogen-bond acceptors (Lipinski definition) is 6. The minimum absolute atomic E-state index is 0.538. The third-order valence-corrected chi connectivity index (χ3v) is 18.9. The molecule has 0 unspecified atom stereocenters. The zero-order chi connectivity index (χ0) is 28.5. The molecule has 12 aromatic rings. The zero-order valence-corrected chi connectivity index (χ0v) is 30.8. The van der Waals surface area contributed by atoms with Gasteiger partial charge in [0.2, 0.25) is 0 Å². The van der Waals surface area contributed by atoms with Gasteiger partial charge in [0.25, 0.3) is 0 Å². The van der Waals surface area contributed by atoms with E-state index < -0.39 is 0 Å². The summed E-state index contributed by atoms with van der Waals surface area (Å²) in [6.45, 7) is 0. The van der Waals surface area contributed by atoms with Gasteiger partial charge in [-0.3, -0.25) is 0 Å². The van der Waals surface area contributed by atoms with E-state index >= 15 is 0 Å². The maximum absolute atomic E-state index is 2.43. The first-order chi connectivity index (χ1) is 21.7. The van der Waals surface area contributed by atoms with Crippen molar-refractivity contribution in [2.45, 2.75) is 0 Å². The molecule has 0 radical (unpaired) electrons. The molecule has 4 aromatic carbocycles. The molecule has 0 atom stereocenters. The summed E-state index contributed by atoms with van der Waals surface area (Å²) in [5.41, 5.74) is 0. The van der Waals surface area contributed by atoms with E-state index in [4.69, 9.17) is 0 Å². The molecule has 208 valence electrons. The monoisotopic (exact) mass is 800 g/mol. The normalized spacial score (nSPS) is 12.5. The second-order valence-electron chi connectivity index (χ2n) is 11.0. The molecular weight excluding hydrogens is 783 g/mol. The average Bonchev–Trinajstić information content (AvgIpc) is 3.87. The SMILES string of the molecule is c1cc2cc3c(cc2[se]1)sc1c2cc4cc[se]c4cc2sc31.c1cc2cc3c(cc2s1)sc1c2cc4ccsc4cc2sc31. The number of rotatable bonds is 0. The van der Waals surface area contributed by atoms with Crippen LogP contribution in [-0.2, 0) is 0 Å². The summed E-state index contributed by atoms with van der Waals surface area (Å²) in [5, 5.41) is 15.8. The number of benzene rings is 4. The van der Waals surface area contributed by atoms with E-state index in [0.29, 0.717) is 29.0 Å². The second kappa shape index (κ2) is 9.60. The van der Waals surface area contributed by atoms with E-state index in [1.165, 1.54) is 90.1 Å². The Morgan fingerprint density at radius 2 is 0.750 bits per heavy atom. The molecule has 12 rings (SSSR count). The Bertz CT molecular complexity index is 2650. The molecule has 8 aromatic heterocycles. The van der Waals surface area contributed by atoms with Crippen LogP contribution in [0.4, 0.5) is 0 Å². The molecule has 0 N–H and O–H groups in total. The molecule has 0 saturated carbocycles. The van der Waals surface area contributed by atoms with Crippen molar-refractivity contribution in [2.75, 3.05) is 0 Å². The first-order valence-corrected chi connectivity index (χ1v) is 22.7. The fourth-order valence-electron chi connectivity index (χ4n) is 6.35. The Kier molecular flexibility index (Phi) is 5.63. The van der Waals surface area contributed by atoms with Crippen LogP contribution >= 0.6 is 68.0 Å². The summed E-state index contributed by atoms with van der Waals surface area (Å²) in [6.07, 6.45) is 0. The molecule has 44 heavy (non-hydrogen) atoms. The first kappa shape index (κ1) is 25.8. The zero-order valence-electron chi connectivity index (χ0n) is 22.5. The second-order valence-corrected chi connectivity index (χ2v) is 21.0. The minimum atomic E-state index is 0.538. The quantitative estimate of drug-likeness (QED) is 0.134. The van der Waals surface area contributed by atoms with Crippen LogP contribution in [0.5, 0.6) is 0 Å². The van der Waals surface area contributed by atoms with Crippen molar-refractivity contribution >= 4 is 196 Å². The van der Waals surface area contributed by atoms with Gasteiger partial charge >= 0.3 is 147 Å². The molecule has 8 heteroatoms. The van der Waals surface area contributed by atoms with Crippen molar-refractivity contribution in [1.29, 1.82) is 0 Å². The van der Waals surface area contributed by atoms with Crippen molar-refractivity contribution in [3.05, 3.63) is 93.4 Å². The van der Waals surface area contributed by atoms with Gasteiger partial charge in [-0.1, -0.05) is 0 Å². The van der Waals surface area contributed by atoms with Gasteiger partial charge in [0, 0.05) is 29.6 Å². The number of fused-ring (bicyclic) bond motifs is 14. The Morgan fingerprint density at radius 3 is 1.18 bits per heavy atom. The molecular formula is C36H16S6Se2. The van der Waals surface area contributed by atoms with E-state index in [1.807, 2.05) is 68.0 Å². The summed E-state index contributed by atoms with van der Waals surface area (Å²) in [6, 6.07) is 28.2. The molecule has 0 bridgehead atoms. The maximum Gasteiger partial charge on any atom is 0.0542 e. The van der Waals surface area contributed by atoms with Crippen molar-refractivity contribution in [3.63, 3.8) is 0 Å². The molecule has 8 heterocycles. The van der Waals surface area contributed by atoms with Crippen molar-refractivity contribution in [1.82, 2.24) is 0 Å². The van der Waals surface area contributed by atoms with Crippen LogP contribution in [0.25, 0.3) is 98.6 Å². The van der Waals surface area contributed by atoms with Crippen LogP contribution in [0.3, 0.4) is 0 Å². The average molecular weight is 799 g/mol. The van der Waals surface area contributed by atoms with Crippen LogP contribution in [0, 0.1) is 0 Å². The van der Waals surface area contributed by atoms with Crippen LogP contribution in [0.15, 0.2) is 93.4 Å². The molecule has 0 fully saturated rings. The van der Waals surface area contributed by atoms with E-state index in [9.17, 15) is 0 Å². The Hall–Kier alpha value is -2.32. The van der Waals surface area contributed by atoms with Crippen molar-refractivity contribution < 1.29 is 0 Å². The first-order valence-electron chi connectivity index (χ1n) is 14.0. The van der Waals surface area contributed by atoms with Crippen LogP contribution < -0.4 is 0 Å². The van der Waals surface area contributed by atoms with Gasteiger partial charge in [0.15, 0.2) is 0 Å². The standard InChI is InChI=1S/C18H8S4.C18H8S2Se2/c1-3-19-13-7-15-11(5-9(1)13)17-18(21-15)12-6-10-2-4-20-14(10)8-16(12)22-17;1-3-21-15-7-13-11(5-9(1)15)17-18(19-13)12-6-10-2-4-22-16(10)8-14(12)20-17/h2*1-8H. The van der Waals surface area contributed by atoms with Gasteiger partial charge < -0.3 is 0 Å². The molecule has 0 spiro atoms. The molecule has 0 aliphatic rings. The fraction of sp³-hybridized carbons (Fsp3) is 0. The Labute approximate surface area is 286 Å². The predicted octanol–water partition coefficient (Wildman–Crippen LogP) is 13.4. The number of thiophene rings is 6. The van der Waals surface area contributed by atoms with E-state index in [0.717, 1.165) is 0 Å². The summed E-state index contributed by atoms with van der Waals surface area (Å²) < 4.78 is 17.6. The van der Waals surface area contributed by atoms with Gasteiger partial charge in [0.1, 0.15) is 0 Å². The van der Waals surface area contributed by atoms with Gasteiger partial charge in [-0.2, -0.15) is 0 Å². The molecule has 0 nitrogen and oxygen atoms in total. The summed E-state index contributed by atoms with van der Waals surface area (Å²) in [7, 11) is 0. The van der Waals surface area contributed by atoms with E-state index in [-0.39, 0.29) is 0 Å². The van der Waals surface area contributed by atoms with Crippen LogP contribution in [0.1, 0.15) is 0 Å². The molecule has 0 aliphatic carbocycles. The summed E-state index contributed by atoms with van der Waals surface area (Å²) >= 11 is 12.6. The third kappa shape index (κ3) is 3.76. The van der Waals surface area contributed by atoms with Gasteiger partial charge in [-0.05, 0) is 57.9 Å². The largest absolute Gasteiger partial charge is 0.144 e. The fourth-order valence-corrected chi connectivity index (χ4v) is 17.2. The third-order valence-electron chi connectivity index (χ3n) is 8.46. The van der Waals surface area contributed by atoms with Crippen molar-refractivity contribution in [3.8, 4) is 0 Å². The number of hydrogen-bond donors (Lipinski definition) is 0. The Balaban J connectivity index is 0.000000110. The van der Waals surface area contributed by atoms with Gasteiger partial charge in [-0.25, -0.2) is 0 Å². The maximum atomic E-state index is 2.43. The Morgan fingerprint density at radius 1 is 0.364 bits per heavy atom. The molecule has 0 aliphatic heterocycles. The van der Waals surface area contributed by atoms with Gasteiger partial charge in [-0.15, -0.1) is 45.3 Å². The topological polar surface area (TPSA) is 0 Å².